The first-order valence-electron chi connectivity index (χ1n) is 3.46. The van der Waals surface area contributed by atoms with E-state index in [9.17, 15) is 0 Å². The molecular formula is C8H6Cl2N2. The van der Waals surface area contributed by atoms with Crippen molar-refractivity contribution in [2.75, 3.05) is 0 Å². The summed E-state index contributed by atoms with van der Waals surface area (Å²) in [6.07, 6.45) is 0. The number of rotatable bonds is 0. The molecule has 0 aliphatic rings. The molecular weight excluding hydrogens is 195 g/mol. The number of imidazole rings is 1. The van der Waals surface area contributed by atoms with Crippen molar-refractivity contribution in [3.8, 4) is 0 Å². The standard InChI is InChI=1S/C8H6Cl2N2/c1-12-7-3-2-5(9)4-6(7)11-8(12)10/h2-4H,1H3. The van der Waals surface area contributed by atoms with Gasteiger partial charge in [0.25, 0.3) is 0 Å². The van der Waals surface area contributed by atoms with Gasteiger partial charge in [-0.05, 0) is 29.8 Å². The first kappa shape index (κ1) is 7.90. The first-order valence-corrected chi connectivity index (χ1v) is 4.21. The molecule has 4 heteroatoms. The number of aryl methyl sites for hydroxylation is 1. The Hall–Kier alpha value is -0.730. The largest absolute Gasteiger partial charge is 0.318 e. The van der Waals surface area contributed by atoms with Gasteiger partial charge in [0.05, 0.1) is 11.0 Å². The van der Waals surface area contributed by atoms with Gasteiger partial charge in [-0.3, -0.25) is 0 Å². The van der Waals surface area contributed by atoms with E-state index >= 15 is 0 Å². The molecule has 0 amide bonds. The maximum atomic E-state index is 5.81. The molecule has 0 saturated carbocycles. The lowest BCUT2D eigenvalue weighted by Gasteiger charge is -1.93. The maximum absolute atomic E-state index is 5.81. The van der Waals surface area contributed by atoms with Crippen molar-refractivity contribution in [3.63, 3.8) is 0 Å². The van der Waals surface area contributed by atoms with Gasteiger partial charge in [-0.2, -0.15) is 0 Å². The molecule has 1 heterocycles. The van der Waals surface area contributed by atoms with Crippen molar-refractivity contribution < 1.29 is 0 Å². The highest BCUT2D eigenvalue weighted by molar-refractivity contribution is 6.31. The van der Waals surface area contributed by atoms with Gasteiger partial charge in [0.1, 0.15) is 0 Å². The third-order valence-electron chi connectivity index (χ3n) is 1.79. The molecule has 0 saturated heterocycles. The molecule has 0 aliphatic carbocycles. The average molecular weight is 201 g/mol. The Morgan fingerprint density at radius 1 is 1.33 bits per heavy atom. The molecule has 1 aromatic heterocycles. The van der Waals surface area contributed by atoms with Crippen molar-refractivity contribution in [1.82, 2.24) is 9.55 Å². The summed E-state index contributed by atoms with van der Waals surface area (Å²) in [5.74, 6) is 0. The van der Waals surface area contributed by atoms with E-state index in [1.165, 1.54) is 0 Å². The Balaban J connectivity index is 2.87. The van der Waals surface area contributed by atoms with Crippen molar-refractivity contribution >= 4 is 34.2 Å². The highest BCUT2D eigenvalue weighted by atomic mass is 35.5. The average Bonchev–Trinajstić information content (AvgIpc) is 2.28. The number of fused-ring (bicyclic) bond motifs is 1. The quantitative estimate of drug-likeness (QED) is 0.640. The van der Waals surface area contributed by atoms with Gasteiger partial charge in [-0.1, -0.05) is 11.6 Å². The van der Waals surface area contributed by atoms with Gasteiger partial charge < -0.3 is 4.57 Å². The highest BCUT2D eigenvalue weighted by Crippen LogP contribution is 2.21. The Bertz CT molecular complexity index is 434. The number of halogens is 2. The van der Waals surface area contributed by atoms with Crippen molar-refractivity contribution in [2.45, 2.75) is 0 Å². The minimum absolute atomic E-state index is 0.479. The molecule has 0 unspecified atom stereocenters. The fraction of sp³-hybridized carbons (Fsp3) is 0.125. The lowest BCUT2D eigenvalue weighted by Crippen LogP contribution is -1.85. The molecule has 0 N–H and O–H groups in total. The van der Waals surface area contributed by atoms with Crippen LogP contribution in [0.1, 0.15) is 0 Å². The van der Waals surface area contributed by atoms with Crippen LogP contribution in [0.25, 0.3) is 11.0 Å². The topological polar surface area (TPSA) is 17.8 Å². The zero-order valence-corrected chi connectivity index (χ0v) is 7.89. The molecule has 12 heavy (non-hydrogen) atoms. The monoisotopic (exact) mass is 200 g/mol. The minimum atomic E-state index is 0.479. The van der Waals surface area contributed by atoms with Gasteiger partial charge in [0.2, 0.25) is 5.28 Å². The smallest absolute Gasteiger partial charge is 0.203 e. The molecule has 2 nitrogen and oxygen atoms in total. The van der Waals surface area contributed by atoms with Crippen LogP contribution in [0.2, 0.25) is 10.3 Å². The maximum Gasteiger partial charge on any atom is 0.203 e. The van der Waals surface area contributed by atoms with Crippen molar-refractivity contribution in [2.24, 2.45) is 7.05 Å². The molecule has 0 bridgehead atoms. The van der Waals surface area contributed by atoms with Crippen LogP contribution in [-0.2, 0) is 7.05 Å². The third-order valence-corrected chi connectivity index (χ3v) is 2.36. The number of nitrogens with zero attached hydrogens (tertiary/aromatic N) is 2. The van der Waals surface area contributed by atoms with Crippen LogP contribution in [0.15, 0.2) is 18.2 Å². The van der Waals surface area contributed by atoms with Crippen molar-refractivity contribution in [3.05, 3.63) is 28.5 Å². The summed E-state index contributed by atoms with van der Waals surface area (Å²) in [7, 11) is 1.87. The fourth-order valence-electron chi connectivity index (χ4n) is 1.14. The summed E-state index contributed by atoms with van der Waals surface area (Å²) in [6, 6.07) is 5.52. The van der Waals surface area contributed by atoms with Crippen LogP contribution in [0.4, 0.5) is 0 Å². The summed E-state index contributed by atoms with van der Waals surface area (Å²) in [6.45, 7) is 0. The predicted molar refractivity (Wildman–Crippen MR) is 50.7 cm³/mol. The van der Waals surface area contributed by atoms with E-state index in [0.717, 1.165) is 11.0 Å². The minimum Gasteiger partial charge on any atom is -0.318 e. The van der Waals surface area contributed by atoms with Crippen LogP contribution in [0, 0.1) is 0 Å². The molecule has 62 valence electrons. The lowest BCUT2D eigenvalue weighted by molar-refractivity contribution is 0.949. The normalized spacial score (nSPS) is 10.9. The molecule has 2 rings (SSSR count). The van der Waals surface area contributed by atoms with Gasteiger partial charge >= 0.3 is 0 Å². The molecule has 0 aliphatic heterocycles. The van der Waals surface area contributed by atoms with Crippen LogP contribution >= 0.6 is 23.2 Å². The molecule has 0 fully saturated rings. The number of benzene rings is 1. The summed E-state index contributed by atoms with van der Waals surface area (Å²) in [4.78, 5) is 4.12. The summed E-state index contributed by atoms with van der Waals surface area (Å²) < 4.78 is 1.81. The van der Waals surface area contributed by atoms with E-state index in [1.54, 1.807) is 6.07 Å². The number of hydrogen-bond acceptors (Lipinski definition) is 1. The van der Waals surface area contributed by atoms with Gasteiger partial charge in [-0.15, -0.1) is 0 Å². The van der Waals surface area contributed by atoms with E-state index in [1.807, 2.05) is 23.7 Å². The second-order valence-electron chi connectivity index (χ2n) is 2.57. The lowest BCUT2D eigenvalue weighted by atomic mass is 10.3. The van der Waals surface area contributed by atoms with E-state index < -0.39 is 0 Å². The summed E-state index contributed by atoms with van der Waals surface area (Å²) in [5, 5.41) is 1.16. The second kappa shape index (κ2) is 2.64. The van der Waals surface area contributed by atoms with Crippen LogP contribution in [0.5, 0.6) is 0 Å². The van der Waals surface area contributed by atoms with Crippen molar-refractivity contribution in [1.29, 1.82) is 0 Å². The Morgan fingerprint density at radius 2 is 2.08 bits per heavy atom. The van der Waals surface area contributed by atoms with E-state index in [0.29, 0.717) is 10.3 Å². The zero-order valence-electron chi connectivity index (χ0n) is 6.38. The molecule has 2 aromatic rings. The molecule has 0 radical (unpaired) electrons. The SMILES string of the molecule is Cn1c(Cl)nc2cc(Cl)ccc21. The van der Waals surface area contributed by atoms with Crippen LogP contribution < -0.4 is 0 Å². The first-order chi connectivity index (χ1) is 5.68. The fourth-order valence-corrected chi connectivity index (χ4v) is 1.49. The predicted octanol–water partition coefficient (Wildman–Crippen LogP) is 2.88. The summed E-state index contributed by atoms with van der Waals surface area (Å²) in [5.41, 5.74) is 1.82. The van der Waals surface area contributed by atoms with Gasteiger partial charge in [0.15, 0.2) is 0 Å². The molecule has 0 spiro atoms. The zero-order chi connectivity index (χ0) is 8.72. The molecule has 1 aromatic carbocycles. The molecule has 0 atom stereocenters. The highest BCUT2D eigenvalue weighted by Gasteiger charge is 2.04. The van der Waals surface area contributed by atoms with Crippen LogP contribution in [-0.4, -0.2) is 9.55 Å². The Morgan fingerprint density at radius 3 is 2.83 bits per heavy atom. The van der Waals surface area contributed by atoms with Gasteiger partial charge in [-0.25, -0.2) is 4.98 Å². The van der Waals surface area contributed by atoms with E-state index in [-0.39, 0.29) is 0 Å². The van der Waals surface area contributed by atoms with Gasteiger partial charge in [0, 0.05) is 12.1 Å². The second-order valence-corrected chi connectivity index (χ2v) is 3.35. The number of hydrogen-bond donors (Lipinski definition) is 0. The van der Waals surface area contributed by atoms with Crippen LogP contribution in [0.3, 0.4) is 0 Å². The van der Waals surface area contributed by atoms with E-state index in [2.05, 4.69) is 4.98 Å². The Labute approximate surface area is 79.7 Å². The Kier molecular flexibility index (Phi) is 1.74. The number of aromatic nitrogens is 2. The third kappa shape index (κ3) is 1.08. The van der Waals surface area contributed by atoms with E-state index in [4.69, 9.17) is 23.2 Å². The summed E-state index contributed by atoms with van der Waals surface area (Å²) >= 11 is 11.6.